The molecular formula is C14H23N3. The lowest BCUT2D eigenvalue weighted by Crippen LogP contribution is -2.46. The molecule has 0 spiro atoms. The number of hydrogen-bond acceptors (Lipinski definition) is 3. The highest BCUT2D eigenvalue weighted by Gasteiger charge is 2.24. The molecule has 3 nitrogen and oxygen atoms in total. The van der Waals surface area contributed by atoms with Crippen LogP contribution in [-0.2, 0) is 6.54 Å². The molecule has 0 aliphatic carbocycles. The molecule has 1 N–H and O–H groups in total. The first-order valence-electron chi connectivity index (χ1n) is 6.49. The van der Waals surface area contributed by atoms with Gasteiger partial charge in [-0.05, 0) is 44.0 Å². The van der Waals surface area contributed by atoms with E-state index in [1.165, 1.54) is 30.6 Å². The van der Waals surface area contributed by atoms with Crippen molar-refractivity contribution in [2.75, 3.05) is 20.1 Å². The van der Waals surface area contributed by atoms with Crippen molar-refractivity contribution in [2.24, 2.45) is 5.92 Å². The van der Waals surface area contributed by atoms with Crippen molar-refractivity contribution in [2.45, 2.75) is 32.9 Å². The minimum Gasteiger partial charge on any atom is -0.317 e. The summed E-state index contributed by atoms with van der Waals surface area (Å²) in [4.78, 5) is 6.80. The van der Waals surface area contributed by atoms with Gasteiger partial charge < -0.3 is 5.32 Å². The summed E-state index contributed by atoms with van der Waals surface area (Å²) in [5.41, 5.74) is 2.58. The van der Waals surface area contributed by atoms with Crippen molar-refractivity contribution < 1.29 is 0 Å². The van der Waals surface area contributed by atoms with Gasteiger partial charge in [0.15, 0.2) is 0 Å². The third kappa shape index (κ3) is 3.27. The van der Waals surface area contributed by atoms with Crippen LogP contribution in [0.15, 0.2) is 18.5 Å². The Balaban J connectivity index is 1.93. The summed E-state index contributed by atoms with van der Waals surface area (Å²) in [5.74, 6) is 0.728. The maximum atomic E-state index is 4.26. The van der Waals surface area contributed by atoms with Crippen molar-refractivity contribution in [1.82, 2.24) is 15.2 Å². The molecule has 0 radical (unpaired) electrons. The highest BCUT2D eigenvalue weighted by Crippen LogP contribution is 2.18. The normalized spacial score (nSPS) is 26.1. The van der Waals surface area contributed by atoms with E-state index in [9.17, 15) is 0 Å². The molecule has 1 aliphatic heterocycles. The highest BCUT2D eigenvalue weighted by molar-refractivity contribution is 5.16. The maximum absolute atomic E-state index is 4.26. The molecule has 0 saturated carbocycles. The van der Waals surface area contributed by atoms with Crippen molar-refractivity contribution in [1.29, 1.82) is 0 Å². The summed E-state index contributed by atoms with van der Waals surface area (Å²) in [6.45, 7) is 7.84. The van der Waals surface area contributed by atoms with Crippen LogP contribution in [0, 0.1) is 12.8 Å². The molecule has 1 fully saturated rings. The highest BCUT2D eigenvalue weighted by atomic mass is 15.1. The van der Waals surface area contributed by atoms with Gasteiger partial charge in [-0.25, -0.2) is 0 Å². The van der Waals surface area contributed by atoms with Crippen LogP contribution in [0.1, 0.15) is 24.5 Å². The minimum absolute atomic E-state index is 0.682. The van der Waals surface area contributed by atoms with Crippen LogP contribution in [0.2, 0.25) is 0 Å². The molecule has 17 heavy (non-hydrogen) atoms. The molecule has 0 amide bonds. The van der Waals surface area contributed by atoms with Gasteiger partial charge in [0.05, 0.1) is 0 Å². The molecule has 2 atom stereocenters. The van der Waals surface area contributed by atoms with E-state index < -0.39 is 0 Å². The zero-order chi connectivity index (χ0) is 12.3. The number of piperidine rings is 1. The number of likely N-dealkylation sites (tertiary alicyclic amines) is 1. The van der Waals surface area contributed by atoms with Crippen molar-refractivity contribution in [3.05, 3.63) is 29.6 Å². The fraction of sp³-hybridized carbons (Fsp3) is 0.643. The molecule has 0 aromatic carbocycles. The third-order valence-corrected chi connectivity index (χ3v) is 3.70. The number of nitrogens with zero attached hydrogens (tertiary/aromatic N) is 2. The van der Waals surface area contributed by atoms with Crippen LogP contribution in [-0.4, -0.2) is 36.1 Å². The van der Waals surface area contributed by atoms with E-state index in [1.54, 1.807) is 0 Å². The summed E-state index contributed by atoms with van der Waals surface area (Å²) in [6.07, 6.45) is 5.15. The molecule has 0 bridgehead atoms. The number of nitrogens with one attached hydrogen (secondary N) is 1. The summed E-state index contributed by atoms with van der Waals surface area (Å²) in [5, 5.41) is 3.41. The zero-order valence-electron chi connectivity index (χ0n) is 11.1. The predicted molar refractivity (Wildman–Crippen MR) is 70.9 cm³/mol. The number of hydrogen-bond donors (Lipinski definition) is 1. The number of pyridine rings is 1. The van der Waals surface area contributed by atoms with Gasteiger partial charge in [-0.1, -0.05) is 13.0 Å². The number of aryl methyl sites for hydroxylation is 1. The predicted octanol–water partition coefficient (Wildman–Crippen LogP) is 1.82. The Kier molecular flexibility index (Phi) is 4.13. The fourth-order valence-corrected chi connectivity index (χ4v) is 2.77. The summed E-state index contributed by atoms with van der Waals surface area (Å²) < 4.78 is 0. The standard InChI is InChI=1S/C14H23N3/c1-11-6-13(8-16-7-11)10-17-5-4-14(15-3)12(2)9-17/h6-8,12,14-15H,4-5,9-10H2,1-3H3. The lowest BCUT2D eigenvalue weighted by Gasteiger charge is -2.36. The Morgan fingerprint density at radius 3 is 2.94 bits per heavy atom. The topological polar surface area (TPSA) is 28.2 Å². The zero-order valence-corrected chi connectivity index (χ0v) is 11.1. The quantitative estimate of drug-likeness (QED) is 0.863. The van der Waals surface area contributed by atoms with E-state index in [0.29, 0.717) is 6.04 Å². The monoisotopic (exact) mass is 233 g/mol. The molecule has 2 rings (SSSR count). The average molecular weight is 233 g/mol. The van der Waals surface area contributed by atoms with E-state index in [0.717, 1.165) is 12.5 Å². The van der Waals surface area contributed by atoms with Gasteiger partial charge >= 0.3 is 0 Å². The van der Waals surface area contributed by atoms with Gasteiger partial charge in [0.2, 0.25) is 0 Å². The second-order valence-corrected chi connectivity index (χ2v) is 5.27. The average Bonchev–Trinajstić information content (AvgIpc) is 2.29. The Morgan fingerprint density at radius 2 is 2.29 bits per heavy atom. The van der Waals surface area contributed by atoms with Gasteiger partial charge in [-0.15, -0.1) is 0 Å². The number of rotatable bonds is 3. The van der Waals surface area contributed by atoms with Crippen molar-refractivity contribution in [3.8, 4) is 0 Å². The smallest absolute Gasteiger partial charge is 0.0313 e. The molecule has 1 saturated heterocycles. The lowest BCUT2D eigenvalue weighted by molar-refractivity contribution is 0.145. The summed E-state index contributed by atoms with van der Waals surface area (Å²) in [6, 6.07) is 2.92. The van der Waals surface area contributed by atoms with E-state index in [2.05, 4.69) is 42.2 Å². The third-order valence-electron chi connectivity index (χ3n) is 3.70. The molecular weight excluding hydrogens is 210 g/mol. The lowest BCUT2D eigenvalue weighted by atomic mass is 9.94. The van der Waals surface area contributed by atoms with Crippen LogP contribution >= 0.6 is 0 Å². The van der Waals surface area contributed by atoms with Gasteiger partial charge in [0, 0.05) is 31.5 Å². The molecule has 1 aromatic heterocycles. The van der Waals surface area contributed by atoms with E-state index in [-0.39, 0.29) is 0 Å². The Hall–Kier alpha value is -0.930. The van der Waals surface area contributed by atoms with E-state index >= 15 is 0 Å². The van der Waals surface area contributed by atoms with Gasteiger partial charge in [-0.3, -0.25) is 9.88 Å². The maximum Gasteiger partial charge on any atom is 0.0313 e. The van der Waals surface area contributed by atoms with Gasteiger partial charge in [-0.2, -0.15) is 0 Å². The summed E-state index contributed by atoms with van der Waals surface area (Å²) in [7, 11) is 2.07. The van der Waals surface area contributed by atoms with Crippen molar-refractivity contribution >= 4 is 0 Å². The van der Waals surface area contributed by atoms with Crippen molar-refractivity contribution in [3.63, 3.8) is 0 Å². The van der Waals surface area contributed by atoms with E-state index in [4.69, 9.17) is 0 Å². The second-order valence-electron chi connectivity index (χ2n) is 5.27. The molecule has 94 valence electrons. The molecule has 2 unspecified atom stereocenters. The summed E-state index contributed by atoms with van der Waals surface area (Å²) >= 11 is 0. The first-order valence-corrected chi connectivity index (χ1v) is 6.49. The SMILES string of the molecule is CNC1CCN(Cc2cncc(C)c2)CC1C. The van der Waals surface area contributed by atoms with Gasteiger partial charge in [0.1, 0.15) is 0 Å². The number of aromatic nitrogens is 1. The van der Waals surface area contributed by atoms with Crippen LogP contribution in [0.3, 0.4) is 0 Å². The Morgan fingerprint density at radius 1 is 1.47 bits per heavy atom. The van der Waals surface area contributed by atoms with Gasteiger partial charge in [0.25, 0.3) is 0 Å². The first-order chi connectivity index (χ1) is 8.19. The van der Waals surface area contributed by atoms with Crippen LogP contribution < -0.4 is 5.32 Å². The molecule has 3 heteroatoms. The molecule has 2 heterocycles. The minimum atomic E-state index is 0.682. The van der Waals surface area contributed by atoms with Crippen LogP contribution in [0.25, 0.3) is 0 Å². The Bertz CT molecular complexity index is 364. The Labute approximate surface area is 104 Å². The largest absolute Gasteiger partial charge is 0.317 e. The fourth-order valence-electron chi connectivity index (χ4n) is 2.77. The molecule has 1 aromatic rings. The van der Waals surface area contributed by atoms with Crippen LogP contribution in [0.4, 0.5) is 0 Å². The second kappa shape index (κ2) is 5.61. The van der Waals surface area contributed by atoms with E-state index in [1.807, 2.05) is 12.4 Å². The van der Waals surface area contributed by atoms with Crippen LogP contribution in [0.5, 0.6) is 0 Å². The molecule has 1 aliphatic rings. The first kappa shape index (κ1) is 12.5.